The molecule has 1 aromatic heterocycles. The van der Waals surface area contributed by atoms with Crippen molar-refractivity contribution in [2.45, 2.75) is 41.5 Å². The van der Waals surface area contributed by atoms with Crippen molar-refractivity contribution >= 4 is 10.9 Å². The zero-order valence-electron chi connectivity index (χ0n) is 15.0. The van der Waals surface area contributed by atoms with Crippen molar-refractivity contribution in [2.24, 2.45) is 0 Å². The molecule has 124 valence electrons. The van der Waals surface area contributed by atoms with E-state index in [1.165, 1.54) is 0 Å². The molecule has 0 saturated heterocycles. The van der Waals surface area contributed by atoms with Crippen LogP contribution >= 0.6 is 0 Å². The number of fused-ring (bicyclic) bond motifs is 1. The van der Waals surface area contributed by atoms with Gasteiger partial charge in [-0.25, -0.2) is 4.98 Å². The summed E-state index contributed by atoms with van der Waals surface area (Å²) >= 11 is 0. The Labute approximate surface area is 141 Å². The van der Waals surface area contributed by atoms with Crippen LogP contribution in [0.1, 0.15) is 33.4 Å². The topological polar surface area (TPSA) is 66.0 Å². The average Bonchev–Trinajstić information content (AvgIpc) is 2.53. The molecule has 2 N–H and O–H groups in total. The first-order valence-corrected chi connectivity index (χ1v) is 8.03. The van der Waals surface area contributed by atoms with Crippen molar-refractivity contribution in [3.8, 4) is 17.1 Å². The van der Waals surface area contributed by atoms with Gasteiger partial charge in [-0.3, -0.25) is 4.79 Å². The molecule has 0 unspecified atom stereocenters. The summed E-state index contributed by atoms with van der Waals surface area (Å²) in [4.78, 5) is 20.0. The Morgan fingerprint density at radius 2 is 1.46 bits per heavy atom. The Hall–Kier alpha value is -2.62. The maximum Gasteiger partial charge on any atom is 0.259 e. The quantitative estimate of drug-likeness (QED) is 0.707. The summed E-state index contributed by atoms with van der Waals surface area (Å²) in [5.41, 5.74) is 7.11. The van der Waals surface area contributed by atoms with Crippen LogP contribution in [0.3, 0.4) is 0 Å². The number of aromatic nitrogens is 2. The highest BCUT2D eigenvalue weighted by atomic mass is 16.3. The van der Waals surface area contributed by atoms with E-state index < -0.39 is 0 Å². The molecule has 0 fully saturated rings. The summed E-state index contributed by atoms with van der Waals surface area (Å²) in [5, 5.41) is 11.2. The second-order valence-corrected chi connectivity index (χ2v) is 6.59. The molecule has 0 amide bonds. The third-order valence-corrected chi connectivity index (χ3v) is 5.21. The Bertz CT molecular complexity index is 1020. The number of hydrogen-bond donors (Lipinski definition) is 2. The van der Waals surface area contributed by atoms with E-state index in [1.54, 1.807) is 0 Å². The van der Waals surface area contributed by atoms with Crippen LogP contribution in [0.25, 0.3) is 22.3 Å². The number of aromatic amines is 1. The number of phenolic OH excluding ortho intramolecular Hbond substituents is 1. The summed E-state index contributed by atoms with van der Waals surface area (Å²) in [6.45, 7) is 11.8. The summed E-state index contributed by atoms with van der Waals surface area (Å²) in [5.74, 6) is 0.596. The van der Waals surface area contributed by atoms with E-state index in [1.807, 2.05) is 53.7 Å². The molecule has 2 aromatic carbocycles. The first-order chi connectivity index (χ1) is 11.2. The van der Waals surface area contributed by atoms with Crippen LogP contribution in [-0.4, -0.2) is 15.1 Å². The van der Waals surface area contributed by atoms with Gasteiger partial charge in [0.1, 0.15) is 11.6 Å². The predicted octanol–water partition coefficient (Wildman–Crippen LogP) is 4.15. The number of rotatable bonds is 1. The molecule has 0 radical (unpaired) electrons. The number of nitrogens with zero attached hydrogens (tertiary/aromatic N) is 1. The van der Waals surface area contributed by atoms with Gasteiger partial charge in [0.2, 0.25) is 0 Å². The maximum absolute atomic E-state index is 12.5. The molecule has 0 bridgehead atoms. The fourth-order valence-electron chi connectivity index (χ4n) is 3.10. The maximum atomic E-state index is 12.5. The van der Waals surface area contributed by atoms with Gasteiger partial charge >= 0.3 is 0 Å². The van der Waals surface area contributed by atoms with E-state index >= 15 is 0 Å². The normalized spacial score (nSPS) is 11.2. The fourth-order valence-corrected chi connectivity index (χ4v) is 3.10. The van der Waals surface area contributed by atoms with Crippen LogP contribution in [0, 0.1) is 41.5 Å². The third-order valence-electron chi connectivity index (χ3n) is 5.21. The Balaban J connectivity index is 2.40. The molecule has 3 rings (SSSR count). The summed E-state index contributed by atoms with van der Waals surface area (Å²) in [7, 11) is 0. The lowest BCUT2D eigenvalue weighted by Crippen LogP contribution is -2.11. The van der Waals surface area contributed by atoms with Gasteiger partial charge < -0.3 is 10.1 Å². The predicted molar refractivity (Wildman–Crippen MR) is 97.9 cm³/mol. The number of hydrogen-bond acceptors (Lipinski definition) is 3. The van der Waals surface area contributed by atoms with Gasteiger partial charge in [0, 0.05) is 0 Å². The van der Waals surface area contributed by atoms with Crippen molar-refractivity contribution in [3.63, 3.8) is 0 Å². The second-order valence-electron chi connectivity index (χ2n) is 6.59. The van der Waals surface area contributed by atoms with Gasteiger partial charge in [-0.1, -0.05) is 0 Å². The molecule has 0 saturated carbocycles. The molecule has 0 spiro atoms. The highest BCUT2D eigenvalue weighted by Crippen LogP contribution is 2.37. The second kappa shape index (κ2) is 5.48. The lowest BCUT2D eigenvalue weighted by Gasteiger charge is -2.17. The number of aromatic hydroxyl groups is 1. The number of H-pyrrole nitrogens is 1. The average molecular weight is 322 g/mol. The van der Waals surface area contributed by atoms with Crippen LogP contribution in [0.2, 0.25) is 0 Å². The molecular weight excluding hydrogens is 300 g/mol. The number of nitrogens with one attached hydrogen (secondary N) is 1. The molecule has 0 aliphatic carbocycles. The van der Waals surface area contributed by atoms with Gasteiger partial charge in [0.05, 0.1) is 16.5 Å². The first-order valence-electron chi connectivity index (χ1n) is 8.03. The van der Waals surface area contributed by atoms with Gasteiger partial charge in [-0.05, 0) is 87.1 Å². The van der Waals surface area contributed by atoms with Crippen LogP contribution in [-0.2, 0) is 0 Å². The third kappa shape index (κ3) is 2.30. The summed E-state index contributed by atoms with van der Waals surface area (Å²) in [6, 6.07) is 3.78. The zero-order chi connectivity index (χ0) is 17.8. The standard InChI is InChI=1S/C20H22N2O2/c1-9-7-15-16(8-10(9)2)21-19(22-20(15)24)17-13(5)11(3)12(4)14(6)18(17)23/h7-8,23H,1-6H3,(H,21,22,24). The minimum Gasteiger partial charge on any atom is -0.507 e. The first kappa shape index (κ1) is 16.2. The van der Waals surface area contributed by atoms with Crippen LogP contribution in [0.5, 0.6) is 5.75 Å². The summed E-state index contributed by atoms with van der Waals surface area (Å²) < 4.78 is 0. The van der Waals surface area contributed by atoms with E-state index in [9.17, 15) is 9.90 Å². The van der Waals surface area contributed by atoms with Crippen molar-refractivity contribution < 1.29 is 5.11 Å². The minimum atomic E-state index is -0.187. The van der Waals surface area contributed by atoms with Crippen molar-refractivity contribution in [2.75, 3.05) is 0 Å². The van der Waals surface area contributed by atoms with E-state index in [-0.39, 0.29) is 11.3 Å². The van der Waals surface area contributed by atoms with E-state index in [0.717, 1.165) is 33.4 Å². The monoisotopic (exact) mass is 322 g/mol. The lowest BCUT2D eigenvalue weighted by atomic mass is 9.92. The van der Waals surface area contributed by atoms with Crippen molar-refractivity contribution in [1.29, 1.82) is 0 Å². The van der Waals surface area contributed by atoms with E-state index in [0.29, 0.717) is 22.3 Å². The Morgan fingerprint density at radius 1 is 0.875 bits per heavy atom. The van der Waals surface area contributed by atoms with Crippen LogP contribution in [0.4, 0.5) is 0 Å². The molecule has 4 heteroatoms. The van der Waals surface area contributed by atoms with Crippen molar-refractivity contribution in [1.82, 2.24) is 9.97 Å². The number of benzene rings is 2. The van der Waals surface area contributed by atoms with Gasteiger partial charge in [-0.2, -0.15) is 0 Å². The van der Waals surface area contributed by atoms with Gasteiger partial charge in [0.25, 0.3) is 5.56 Å². The van der Waals surface area contributed by atoms with E-state index in [2.05, 4.69) is 9.97 Å². The summed E-state index contributed by atoms with van der Waals surface area (Å²) in [6.07, 6.45) is 0. The largest absolute Gasteiger partial charge is 0.507 e. The Kier molecular flexibility index (Phi) is 3.71. The molecule has 0 aliphatic rings. The molecule has 3 aromatic rings. The van der Waals surface area contributed by atoms with Gasteiger partial charge in [0.15, 0.2) is 0 Å². The van der Waals surface area contributed by atoms with E-state index in [4.69, 9.17) is 0 Å². The molecule has 1 heterocycles. The fraction of sp³-hybridized carbons (Fsp3) is 0.300. The molecule has 0 atom stereocenters. The highest BCUT2D eigenvalue weighted by Gasteiger charge is 2.18. The Morgan fingerprint density at radius 3 is 2.12 bits per heavy atom. The number of phenols is 1. The molecule has 24 heavy (non-hydrogen) atoms. The SMILES string of the molecule is Cc1cc2nc(-c3c(C)c(C)c(C)c(C)c3O)[nH]c(=O)c2cc1C. The molecular formula is C20H22N2O2. The number of aryl methyl sites for hydroxylation is 2. The van der Waals surface area contributed by atoms with Gasteiger partial charge in [-0.15, -0.1) is 0 Å². The van der Waals surface area contributed by atoms with Crippen molar-refractivity contribution in [3.05, 3.63) is 55.9 Å². The highest BCUT2D eigenvalue weighted by molar-refractivity contribution is 5.83. The molecule has 0 aliphatic heterocycles. The lowest BCUT2D eigenvalue weighted by molar-refractivity contribution is 0.471. The zero-order valence-corrected chi connectivity index (χ0v) is 15.0. The van der Waals surface area contributed by atoms with Crippen LogP contribution in [0.15, 0.2) is 16.9 Å². The molecule has 4 nitrogen and oxygen atoms in total. The smallest absolute Gasteiger partial charge is 0.259 e. The minimum absolute atomic E-state index is 0.182. The van der Waals surface area contributed by atoms with Crippen LogP contribution < -0.4 is 5.56 Å².